The molecule has 0 saturated heterocycles. The zero-order chi connectivity index (χ0) is 15.8. The van der Waals surface area contributed by atoms with Crippen molar-refractivity contribution in [3.63, 3.8) is 0 Å². The van der Waals surface area contributed by atoms with Crippen LogP contribution >= 0.6 is 0 Å². The van der Waals surface area contributed by atoms with Gasteiger partial charge in [-0.15, -0.1) is 0 Å². The van der Waals surface area contributed by atoms with Crippen LogP contribution in [0.15, 0.2) is 49.1 Å². The van der Waals surface area contributed by atoms with E-state index in [9.17, 15) is 0 Å². The number of rotatable bonds is 3. The molecule has 1 fully saturated rings. The molecule has 2 heterocycles. The van der Waals surface area contributed by atoms with Crippen LogP contribution in [0.2, 0.25) is 0 Å². The third kappa shape index (κ3) is 2.69. The molecule has 4 rings (SSSR count). The predicted molar refractivity (Wildman–Crippen MR) is 93.0 cm³/mol. The Kier molecular flexibility index (Phi) is 3.72. The molecule has 1 aromatic carbocycles. The summed E-state index contributed by atoms with van der Waals surface area (Å²) < 4.78 is 2.39. The molecule has 0 amide bonds. The van der Waals surface area contributed by atoms with Gasteiger partial charge in [-0.1, -0.05) is 42.8 Å². The Balaban J connectivity index is 1.62. The van der Waals surface area contributed by atoms with Crippen LogP contribution in [0.3, 0.4) is 0 Å². The molecule has 3 heteroatoms. The summed E-state index contributed by atoms with van der Waals surface area (Å²) in [5, 5.41) is 0. The highest BCUT2D eigenvalue weighted by molar-refractivity contribution is 5.24. The van der Waals surface area contributed by atoms with E-state index in [1.807, 2.05) is 12.5 Å². The minimum atomic E-state index is 0.397. The number of aryl methyl sites for hydroxylation is 1. The number of fused-ring (bicyclic) bond motifs is 1. The van der Waals surface area contributed by atoms with Crippen LogP contribution in [0.25, 0.3) is 0 Å². The topological polar surface area (TPSA) is 21.1 Å². The van der Waals surface area contributed by atoms with Gasteiger partial charge in [0.05, 0.1) is 12.4 Å². The molecule has 3 nitrogen and oxygen atoms in total. The second kappa shape index (κ2) is 5.88. The van der Waals surface area contributed by atoms with E-state index in [0.717, 1.165) is 25.4 Å². The number of imidazole rings is 1. The highest BCUT2D eigenvalue weighted by atomic mass is 15.2. The van der Waals surface area contributed by atoms with E-state index in [0.29, 0.717) is 6.04 Å². The number of nitrogens with zero attached hydrogens (tertiary/aromatic N) is 3. The van der Waals surface area contributed by atoms with Gasteiger partial charge in [0.15, 0.2) is 0 Å². The first-order chi connectivity index (χ1) is 11.2. The number of benzene rings is 1. The lowest BCUT2D eigenvalue weighted by Crippen LogP contribution is -2.32. The van der Waals surface area contributed by atoms with Crippen molar-refractivity contribution in [3.05, 3.63) is 65.9 Å². The molecule has 0 spiro atoms. The quantitative estimate of drug-likeness (QED) is 0.851. The molecule has 0 N–H and O–H groups in total. The summed E-state index contributed by atoms with van der Waals surface area (Å²) in [4.78, 5) is 6.89. The Hall–Kier alpha value is -2.03. The van der Waals surface area contributed by atoms with Gasteiger partial charge in [-0.25, -0.2) is 4.98 Å². The Morgan fingerprint density at radius 2 is 2.17 bits per heavy atom. The van der Waals surface area contributed by atoms with Gasteiger partial charge in [0.25, 0.3) is 0 Å². The van der Waals surface area contributed by atoms with Crippen molar-refractivity contribution in [1.29, 1.82) is 0 Å². The van der Waals surface area contributed by atoms with Crippen molar-refractivity contribution >= 4 is 0 Å². The van der Waals surface area contributed by atoms with Gasteiger partial charge in [0, 0.05) is 37.1 Å². The Labute approximate surface area is 138 Å². The summed E-state index contributed by atoms with van der Waals surface area (Å²) in [6.45, 7) is 8.67. The number of allylic oxidation sites excluding steroid dienone is 1. The van der Waals surface area contributed by atoms with Gasteiger partial charge in [0.2, 0.25) is 0 Å². The lowest BCUT2D eigenvalue weighted by Gasteiger charge is -2.39. The van der Waals surface area contributed by atoms with Crippen LogP contribution in [0, 0.1) is 12.8 Å². The highest BCUT2D eigenvalue weighted by Crippen LogP contribution is 2.42. The monoisotopic (exact) mass is 307 g/mol. The fourth-order valence-corrected chi connectivity index (χ4v) is 3.98. The van der Waals surface area contributed by atoms with Crippen molar-refractivity contribution in [2.24, 2.45) is 5.92 Å². The molecule has 1 aliphatic carbocycles. The molecular weight excluding hydrogens is 282 g/mol. The van der Waals surface area contributed by atoms with Crippen molar-refractivity contribution in [3.8, 4) is 0 Å². The minimum Gasteiger partial charge on any atom is -0.369 e. The van der Waals surface area contributed by atoms with E-state index < -0.39 is 0 Å². The first-order valence-electron chi connectivity index (χ1n) is 8.72. The molecule has 120 valence electrons. The van der Waals surface area contributed by atoms with Crippen molar-refractivity contribution < 1.29 is 0 Å². The zero-order valence-electron chi connectivity index (χ0n) is 13.9. The lowest BCUT2D eigenvalue weighted by molar-refractivity contribution is 0.197. The summed E-state index contributed by atoms with van der Waals surface area (Å²) >= 11 is 0. The van der Waals surface area contributed by atoms with Crippen molar-refractivity contribution in [2.45, 2.75) is 45.2 Å². The van der Waals surface area contributed by atoms with E-state index in [1.165, 1.54) is 41.8 Å². The molecular formula is C20H25N3. The van der Waals surface area contributed by atoms with Crippen LogP contribution in [0.1, 0.15) is 42.1 Å². The summed E-state index contributed by atoms with van der Waals surface area (Å²) in [5.41, 5.74) is 5.33. The normalized spacial score (nSPS) is 21.7. The predicted octanol–water partition coefficient (Wildman–Crippen LogP) is 4.10. The summed E-state index contributed by atoms with van der Waals surface area (Å²) in [6, 6.07) is 9.23. The number of hydrogen-bond acceptors (Lipinski definition) is 2. The van der Waals surface area contributed by atoms with E-state index >= 15 is 0 Å². The second-order valence-corrected chi connectivity index (χ2v) is 7.08. The Morgan fingerprint density at radius 3 is 2.91 bits per heavy atom. The van der Waals surface area contributed by atoms with Crippen molar-refractivity contribution in [2.75, 3.05) is 6.54 Å². The second-order valence-electron chi connectivity index (χ2n) is 7.08. The Morgan fingerprint density at radius 1 is 1.30 bits per heavy atom. The number of aromatic nitrogens is 2. The lowest BCUT2D eigenvalue weighted by atomic mass is 9.78. The SMILES string of the molecule is C=C1C(C2CCC2)n2cncc2CCN1Cc1cccc(C)c1. The van der Waals surface area contributed by atoms with Crippen LogP contribution in [0.5, 0.6) is 0 Å². The van der Waals surface area contributed by atoms with Gasteiger partial charge in [-0.3, -0.25) is 0 Å². The molecule has 2 aliphatic rings. The zero-order valence-corrected chi connectivity index (χ0v) is 13.9. The molecule has 1 aliphatic heterocycles. The smallest absolute Gasteiger partial charge is 0.0954 e. The maximum atomic E-state index is 4.51. The fraction of sp³-hybridized carbons (Fsp3) is 0.450. The fourth-order valence-electron chi connectivity index (χ4n) is 3.98. The minimum absolute atomic E-state index is 0.397. The number of hydrogen-bond donors (Lipinski definition) is 0. The van der Waals surface area contributed by atoms with Gasteiger partial charge in [-0.2, -0.15) is 0 Å². The van der Waals surface area contributed by atoms with Gasteiger partial charge in [0.1, 0.15) is 0 Å². The largest absolute Gasteiger partial charge is 0.369 e. The third-order valence-electron chi connectivity index (χ3n) is 5.48. The first kappa shape index (κ1) is 14.6. The molecule has 0 radical (unpaired) electrons. The van der Waals surface area contributed by atoms with E-state index in [4.69, 9.17) is 0 Å². The Bertz CT molecular complexity index is 711. The maximum absolute atomic E-state index is 4.51. The van der Waals surface area contributed by atoms with Gasteiger partial charge < -0.3 is 9.47 Å². The van der Waals surface area contributed by atoms with E-state index in [1.54, 1.807) is 0 Å². The molecule has 1 atom stereocenters. The molecule has 0 bridgehead atoms. The average molecular weight is 307 g/mol. The van der Waals surface area contributed by atoms with Crippen molar-refractivity contribution in [1.82, 2.24) is 14.5 Å². The van der Waals surface area contributed by atoms with Crippen LogP contribution in [-0.2, 0) is 13.0 Å². The van der Waals surface area contributed by atoms with Crippen LogP contribution < -0.4 is 0 Å². The summed E-state index contributed by atoms with van der Waals surface area (Å²) in [5.74, 6) is 0.730. The van der Waals surface area contributed by atoms with Gasteiger partial charge >= 0.3 is 0 Å². The molecule has 2 aromatic rings. The first-order valence-corrected chi connectivity index (χ1v) is 8.72. The molecule has 1 unspecified atom stereocenters. The van der Waals surface area contributed by atoms with E-state index in [-0.39, 0.29) is 0 Å². The summed E-state index contributed by atoms with van der Waals surface area (Å²) in [6.07, 6.45) is 9.10. The van der Waals surface area contributed by atoms with Crippen LogP contribution in [-0.4, -0.2) is 21.0 Å². The van der Waals surface area contributed by atoms with Gasteiger partial charge in [-0.05, 0) is 31.2 Å². The van der Waals surface area contributed by atoms with Crippen LogP contribution in [0.4, 0.5) is 0 Å². The molecule has 23 heavy (non-hydrogen) atoms. The third-order valence-corrected chi connectivity index (χ3v) is 5.48. The maximum Gasteiger partial charge on any atom is 0.0954 e. The highest BCUT2D eigenvalue weighted by Gasteiger charge is 2.35. The standard InChI is InChI=1S/C20H25N3/c1-15-5-3-6-17(11-15)13-22-10-9-19-12-21-14-23(19)20(16(22)2)18-7-4-8-18/h3,5-6,11-12,14,18,20H,2,4,7-10,13H2,1H3. The molecule has 1 saturated carbocycles. The summed E-state index contributed by atoms with van der Waals surface area (Å²) in [7, 11) is 0. The van der Waals surface area contributed by atoms with E-state index in [2.05, 4.69) is 52.2 Å². The average Bonchev–Trinajstić information content (AvgIpc) is 2.90. The molecule has 1 aromatic heterocycles.